The molecule has 1 fully saturated rings. The molecule has 1 amide bonds. The molecule has 2 aliphatic rings. The van der Waals surface area contributed by atoms with Gasteiger partial charge in [0.05, 0.1) is 64.9 Å². The Kier molecular flexibility index (Phi) is 13.8. The molecule has 37 heavy (non-hydrogen) atoms. The Hall–Kier alpha value is -2.15. The summed E-state index contributed by atoms with van der Waals surface area (Å²) in [6, 6.07) is 15.2. The molecule has 0 aromatic heterocycles. The molecule has 2 bridgehead atoms. The van der Waals surface area contributed by atoms with Crippen LogP contribution < -0.4 is 16.9 Å². The molecule has 2 atom stereocenters. The highest BCUT2D eigenvalue weighted by Gasteiger charge is 2.27. The topological polar surface area (TPSA) is 125 Å². The summed E-state index contributed by atoms with van der Waals surface area (Å²) in [6.45, 7) is 8.77. The van der Waals surface area contributed by atoms with E-state index in [1.165, 1.54) is 0 Å². The summed E-state index contributed by atoms with van der Waals surface area (Å²) in [7, 11) is 0. The van der Waals surface area contributed by atoms with E-state index < -0.39 is 0 Å². The summed E-state index contributed by atoms with van der Waals surface area (Å²) in [5.74, 6) is 5.67. The lowest BCUT2D eigenvalue weighted by Crippen LogP contribution is -2.50. The van der Waals surface area contributed by atoms with E-state index in [2.05, 4.69) is 10.2 Å². The zero-order valence-corrected chi connectivity index (χ0v) is 21.8. The van der Waals surface area contributed by atoms with E-state index in [1.807, 2.05) is 53.5 Å². The van der Waals surface area contributed by atoms with Crippen molar-refractivity contribution >= 4 is 5.91 Å². The van der Waals surface area contributed by atoms with Gasteiger partial charge in [0.1, 0.15) is 0 Å². The first-order chi connectivity index (χ1) is 18.1. The normalized spacial score (nSPS) is 19.5. The van der Waals surface area contributed by atoms with Gasteiger partial charge in [0, 0.05) is 39.1 Å². The summed E-state index contributed by atoms with van der Waals surface area (Å²) in [5, 5.41) is 4.89. The van der Waals surface area contributed by atoms with Gasteiger partial charge < -0.3 is 30.0 Å². The minimum atomic E-state index is -0.271. The third-order valence-electron chi connectivity index (χ3n) is 6.32. The summed E-state index contributed by atoms with van der Waals surface area (Å²) in [5.41, 5.74) is 8.36. The number of hydrazine groups is 1. The first kappa shape index (κ1) is 29.4. The first-order valence-electron chi connectivity index (χ1n) is 13.1. The van der Waals surface area contributed by atoms with Crippen LogP contribution >= 0.6 is 0 Å². The molecular weight excluding hydrogens is 474 g/mol. The Balaban J connectivity index is 1.13. The molecule has 0 spiro atoms. The lowest BCUT2D eigenvalue weighted by atomic mass is 10.1. The fraction of sp³-hybridized carbons (Fsp3) is 0.593. The van der Waals surface area contributed by atoms with Crippen LogP contribution in [0.2, 0.25) is 0 Å². The van der Waals surface area contributed by atoms with Crippen LogP contribution in [0, 0.1) is 0 Å². The van der Waals surface area contributed by atoms with Crippen molar-refractivity contribution in [3.05, 3.63) is 59.7 Å². The monoisotopic (exact) mass is 517 g/mol. The average Bonchev–Trinajstić information content (AvgIpc) is 3.17. The lowest BCUT2D eigenvalue weighted by Gasteiger charge is -2.31. The van der Waals surface area contributed by atoms with Crippen LogP contribution in [0.15, 0.2) is 48.5 Å². The number of hydrogen-bond acceptors (Lipinski definition) is 9. The van der Waals surface area contributed by atoms with Crippen molar-refractivity contribution in [3.8, 4) is 0 Å². The molecule has 1 heterocycles. The van der Waals surface area contributed by atoms with Crippen molar-refractivity contribution < 1.29 is 23.7 Å². The number of nitrogens with one attached hydrogen (secondary N) is 1. The van der Waals surface area contributed by atoms with Gasteiger partial charge in [-0.05, 0) is 11.1 Å². The van der Waals surface area contributed by atoms with Gasteiger partial charge >= 0.3 is 0 Å². The van der Waals surface area contributed by atoms with Crippen LogP contribution in [0.1, 0.15) is 29.6 Å². The minimum Gasteiger partial charge on any atom is -0.379 e. The quantitative estimate of drug-likeness (QED) is 0.217. The number of nitrogens with zero attached hydrogens (tertiary/aromatic N) is 2. The molecule has 1 aliphatic heterocycles. The number of piperazine rings is 1. The van der Waals surface area contributed by atoms with Crippen LogP contribution in [-0.2, 0) is 23.7 Å². The van der Waals surface area contributed by atoms with E-state index in [1.54, 1.807) is 0 Å². The number of rotatable bonds is 16. The first-order valence-corrected chi connectivity index (χ1v) is 13.1. The highest BCUT2D eigenvalue weighted by molar-refractivity contribution is 5.76. The fourth-order valence-electron chi connectivity index (χ4n) is 4.14. The van der Waals surface area contributed by atoms with Crippen LogP contribution in [0.5, 0.6) is 0 Å². The van der Waals surface area contributed by atoms with E-state index in [9.17, 15) is 4.79 Å². The Bertz CT molecular complexity index is 851. The van der Waals surface area contributed by atoms with E-state index >= 15 is 0 Å². The molecule has 1 aliphatic carbocycles. The molecule has 0 saturated carbocycles. The maximum atomic E-state index is 12.4. The van der Waals surface area contributed by atoms with Crippen molar-refractivity contribution in [3.63, 3.8) is 0 Å². The second-order valence-corrected chi connectivity index (χ2v) is 9.09. The maximum absolute atomic E-state index is 12.4. The molecule has 0 radical (unpaired) electrons. The lowest BCUT2D eigenvalue weighted by molar-refractivity contribution is -0.123. The molecule has 2 unspecified atom stereocenters. The Morgan fingerprint density at radius 1 is 0.784 bits per heavy atom. The largest absolute Gasteiger partial charge is 0.379 e. The predicted octanol–water partition coefficient (Wildman–Crippen LogP) is 0.930. The summed E-state index contributed by atoms with van der Waals surface area (Å²) in [6.07, 6.45) is 0.269. The molecule has 5 N–H and O–H groups in total. The van der Waals surface area contributed by atoms with Crippen LogP contribution in [0.25, 0.3) is 0 Å². The number of carbonyl (C=O) groups excluding carboxylic acids is 1. The number of ether oxygens (including phenoxy) is 4. The van der Waals surface area contributed by atoms with E-state index in [0.29, 0.717) is 52.9 Å². The molecular formula is C27H43N5O5. The molecule has 10 heteroatoms. The van der Waals surface area contributed by atoms with Gasteiger partial charge in [0.2, 0.25) is 5.91 Å². The second-order valence-electron chi connectivity index (χ2n) is 9.09. The van der Waals surface area contributed by atoms with Gasteiger partial charge in [-0.2, -0.15) is 0 Å². The maximum Gasteiger partial charge on any atom is 0.222 e. The Morgan fingerprint density at radius 2 is 1.32 bits per heavy atom. The SMILES string of the molecule is NC1c2cccccccc(c2)C1NC(=O)CCOCCOCCOCCOCCN1CCN(N)CC1. The van der Waals surface area contributed by atoms with Gasteiger partial charge in [0.15, 0.2) is 0 Å². The average molecular weight is 518 g/mol. The Labute approximate surface area is 220 Å². The molecule has 1 aromatic carbocycles. The van der Waals surface area contributed by atoms with Crippen LogP contribution in [0.3, 0.4) is 0 Å². The van der Waals surface area contributed by atoms with Crippen molar-refractivity contribution in [1.82, 2.24) is 15.2 Å². The number of nitrogens with two attached hydrogens (primary N) is 2. The van der Waals surface area contributed by atoms with Gasteiger partial charge in [-0.1, -0.05) is 48.5 Å². The van der Waals surface area contributed by atoms with E-state index in [-0.39, 0.29) is 24.4 Å². The fourth-order valence-corrected chi connectivity index (χ4v) is 4.14. The molecule has 1 saturated heterocycles. The minimum absolute atomic E-state index is 0.0865. The van der Waals surface area contributed by atoms with Gasteiger partial charge in [-0.3, -0.25) is 15.5 Å². The predicted molar refractivity (Wildman–Crippen MR) is 142 cm³/mol. The molecule has 206 valence electrons. The smallest absolute Gasteiger partial charge is 0.222 e. The number of fused-ring (bicyclic) bond motifs is 2. The second kappa shape index (κ2) is 17.4. The standard InChI is InChI=1S/C27H43N5O5/c28-26-23-6-4-2-1-3-5-7-24(22-23)27(26)30-25(33)8-14-34-16-18-36-20-21-37-19-17-35-15-13-31-9-11-32(29)12-10-31/h1-7,22,26-27H,8-21,28-29H2,(H,30,33). The van der Waals surface area contributed by atoms with Crippen LogP contribution in [-0.4, -0.2) is 101 Å². The highest BCUT2D eigenvalue weighted by Crippen LogP contribution is 2.32. The van der Waals surface area contributed by atoms with Gasteiger partial charge in [-0.15, -0.1) is 0 Å². The highest BCUT2D eigenvalue weighted by atomic mass is 16.6. The van der Waals surface area contributed by atoms with Crippen molar-refractivity contribution in [2.75, 3.05) is 85.6 Å². The molecule has 10 nitrogen and oxygen atoms in total. The Morgan fingerprint density at radius 3 is 1.97 bits per heavy atom. The van der Waals surface area contributed by atoms with Crippen molar-refractivity contribution in [2.45, 2.75) is 18.5 Å². The van der Waals surface area contributed by atoms with Crippen LogP contribution in [0.4, 0.5) is 0 Å². The zero-order chi connectivity index (χ0) is 26.1. The summed E-state index contributed by atoms with van der Waals surface area (Å²) in [4.78, 5) is 14.8. The molecule has 1 aromatic rings. The number of amides is 1. The van der Waals surface area contributed by atoms with E-state index in [0.717, 1.165) is 43.9 Å². The zero-order valence-electron chi connectivity index (χ0n) is 21.8. The van der Waals surface area contributed by atoms with Crippen molar-refractivity contribution in [1.29, 1.82) is 0 Å². The number of carbonyl (C=O) groups is 1. The van der Waals surface area contributed by atoms with E-state index in [4.69, 9.17) is 30.5 Å². The van der Waals surface area contributed by atoms with Gasteiger partial charge in [0.25, 0.3) is 0 Å². The summed E-state index contributed by atoms with van der Waals surface area (Å²) >= 11 is 0. The van der Waals surface area contributed by atoms with Crippen molar-refractivity contribution in [2.24, 2.45) is 11.6 Å². The third kappa shape index (κ3) is 11.4. The third-order valence-corrected chi connectivity index (χ3v) is 6.32. The van der Waals surface area contributed by atoms with Gasteiger partial charge in [-0.25, -0.2) is 5.01 Å². The number of hydrogen-bond donors (Lipinski definition) is 3. The summed E-state index contributed by atoms with van der Waals surface area (Å²) < 4.78 is 22.2. The molecule has 3 rings (SSSR count).